The number of hydrogen-bond acceptors (Lipinski definition) is 6. The van der Waals surface area contributed by atoms with Gasteiger partial charge >= 0.3 is 0 Å². The zero-order valence-corrected chi connectivity index (χ0v) is 17.1. The molecule has 0 spiro atoms. The molecule has 0 aliphatic heterocycles. The van der Waals surface area contributed by atoms with Crippen molar-refractivity contribution in [2.24, 2.45) is 0 Å². The molecule has 0 aromatic carbocycles. The quantitative estimate of drug-likeness (QED) is 0.549. The molecule has 2 heterocycles. The molecule has 0 saturated carbocycles. The lowest BCUT2D eigenvalue weighted by atomic mass is 10.2. The van der Waals surface area contributed by atoms with Crippen molar-refractivity contribution in [1.82, 2.24) is 14.9 Å². The fourth-order valence-corrected chi connectivity index (χ4v) is 5.47. The maximum absolute atomic E-state index is 13.1. The molecule has 26 heavy (non-hydrogen) atoms. The molecule has 0 fully saturated rings. The van der Waals surface area contributed by atoms with Gasteiger partial charge in [0.25, 0.3) is 5.56 Å². The van der Waals surface area contributed by atoms with E-state index in [4.69, 9.17) is 9.72 Å². The first kappa shape index (κ1) is 19.4. The Bertz CT molecular complexity index is 859. The van der Waals surface area contributed by atoms with Crippen molar-refractivity contribution in [3.8, 4) is 0 Å². The predicted octanol–water partition coefficient (Wildman–Crippen LogP) is 2.60. The van der Waals surface area contributed by atoms with E-state index >= 15 is 0 Å². The Balaban J connectivity index is 1.84. The maximum atomic E-state index is 13.1. The molecule has 1 aliphatic rings. The minimum Gasteiger partial charge on any atom is -0.383 e. The molecule has 0 unspecified atom stereocenters. The van der Waals surface area contributed by atoms with Gasteiger partial charge in [0.05, 0.1) is 17.7 Å². The smallest absolute Gasteiger partial charge is 0.263 e. The largest absolute Gasteiger partial charge is 0.383 e. The average Bonchev–Trinajstić information content (AvgIpc) is 3.16. The molecule has 1 N–H and O–H groups in total. The first-order chi connectivity index (χ1) is 12.5. The summed E-state index contributed by atoms with van der Waals surface area (Å²) in [4.78, 5) is 32.1. The van der Waals surface area contributed by atoms with Gasteiger partial charge in [-0.25, -0.2) is 4.98 Å². The second-order valence-electron chi connectivity index (χ2n) is 6.60. The van der Waals surface area contributed by atoms with E-state index in [9.17, 15) is 9.59 Å². The number of aryl methyl sites for hydroxylation is 2. The van der Waals surface area contributed by atoms with Gasteiger partial charge in [-0.15, -0.1) is 11.3 Å². The lowest BCUT2D eigenvalue weighted by Crippen LogP contribution is -2.36. The zero-order chi connectivity index (χ0) is 18.7. The van der Waals surface area contributed by atoms with Crippen molar-refractivity contribution >= 4 is 39.2 Å². The summed E-state index contributed by atoms with van der Waals surface area (Å²) in [6, 6.07) is -0.0401. The van der Waals surface area contributed by atoms with Crippen LogP contribution in [0.1, 0.15) is 37.1 Å². The van der Waals surface area contributed by atoms with Gasteiger partial charge in [0.15, 0.2) is 5.16 Å². The molecule has 6 nitrogen and oxygen atoms in total. The third-order valence-electron chi connectivity index (χ3n) is 4.39. The molecule has 0 saturated heterocycles. The molecule has 2 aromatic rings. The lowest BCUT2D eigenvalue weighted by molar-refractivity contribution is -0.119. The number of aromatic nitrogens is 2. The highest BCUT2D eigenvalue weighted by atomic mass is 32.2. The van der Waals surface area contributed by atoms with Crippen LogP contribution >= 0.6 is 23.1 Å². The number of nitrogens with one attached hydrogen (secondary N) is 1. The zero-order valence-electron chi connectivity index (χ0n) is 15.5. The third kappa shape index (κ3) is 3.97. The Labute approximate surface area is 161 Å². The minimum atomic E-state index is -0.0781. The topological polar surface area (TPSA) is 73.2 Å². The van der Waals surface area contributed by atoms with Crippen molar-refractivity contribution in [3.05, 3.63) is 20.8 Å². The summed E-state index contributed by atoms with van der Waals surface area (Å²) >= 11 is 2.97. The second-order valence-corrected chi connectivity index (χ2v) is 8.63. The summed E-state index contributed by atoms with van der Waals surface area (Å²) in [6.07, 6.45) is 4.00. The monoisotopic (exact) mass is 395 g/mol. The fraction of sp³-hybridized carbons (Fsp3) is 0.611. The highest BCUT2D eigenvalue weighted by Gasteiger charge is 2.23. The first-order valence-electron chi connectivity index (χ1n) is 9.01. The summed E-state index contributed by atoms with van der Waals surface area (Å²) in [6.45, 7) is 5.04. The van der Waals surface area contributed by atoms with Gasteiger partial charge in [0, 0.05) is 24.6 Å². The third-order valence-corrected chi connectivity index (χ3v) is 6.56. The Kier molecular flexibility index (Phi) is 6.37. The number of amides is 1. The SMILES string of the molecule is CCCn1c(SCC(=O)N[C@H](C)COC)nc2sc3c(c2c1=O)CCC3. The molecule has 1 amide bonds. The number of rotatable bonds is 8. The van der Waals surface area contributed by atoms with E-state index in [1.54, 1.807) is 23.0 Å². The number of fused-ring (bicyclic) bond motifs is 3. The van der Waals surface area contributed by atoms with Crippen LogP contribution in [0.25, 0.3) is 10.2 Å². The number of hydrogen-bond donors (Lipinski definition) is 1. The van der Waals surface area contributed by atoms with Crippen LogP contribution in [-0.4, -0.2) is 41.0 Å². The molecule has 8 heteroatoms. The van der Waals surface area contributed by atoms with Crippen molar-refractivity contribution in [2.75, 3.05) is 19.5 Å². The van der Waals surface area contributed by atoms with Crippen LogP contribution in [0, 0.1) is 0 Å². The summed E-state index contributed by atoms with van der Waals surface area (Å²) in [7, 11) is 1.61. The fourth-order valence-electron chi connectivity index (χ4n) is 3.33. The van der Waals surface area contributed by atoms with Crippen LogP contribution in [0.5, 0.6) is 0 Å². The van der Waals surface area contributed by atoms with E-state index in [0.29, 0.717) is 18.3 Å². The van der Waals surface area contributed by atoms with Crippen molar-refractivity contribution in [2.45, 2.75) is 57.3 Å². The van der Waals surface area contributed by atoms with Crippen LogP contribution in [0.2, 0.25) is 0 Å². The molecule has 142 valence electrons. The number of thiophene rings is 1. The number of nitrogens with zero attached hydrogens (tertiary/aromatic N) is 2. The van der Waals surface area contributed by atoms with Gasteiger partial charge in [-0.05, 0) is 38.2 Å². The lowest BCUT2D eigenvalue weighted by Gasteiger charge is -2.14. The van der Waals surface area contributed by atoms with Gasteiger partial charge in [0.2, 0.25) is 5.91 Å². The second kappa shape index (κ2) is 8.54. The molecule has 1 aliphatic carbocycles. The Hall–Kier alpha value is -1.38. The van der Waals surface area contributed by atoms with Gasteiger partial charge in [0.1, 0.15) is 4.83 Å². The molecule has 2 aromatic heterocycles. The number of ether oxygens (including phenoxy) is 1. The van der Waals surface area contributed by atoms with E-state index in [0.717, 1.165) is 35.9 Å². The van der Waals surface area contributed by atoms with Crippen LogP contribution in [0.4, 0.5) is 0 Å². The first-order valence-corrected chi connectivity index (χ1v) is 10.8. The van der Waals surface area contributed by atoms with Crippen molar-refractivity contribution in [1.29, 1.82) is 0 Å². The standard InChI is InChI=1S/C18H25N3O3S2/c1-4-8-21-17(23)15-12-6-5-7-13(12)26-16(15)20-18(21)25-10-14(22)19-11(2)9-24-3/h11H,4-10H2,1-3H3,(H,19,22)/t11-/m1/s1. The Morgan fingerprint density at radius 1 is 1.46 bits per heavy atom. The molecular weight excluding hydrogens is 370 g/mol. The van der Waals surface area contributed by atoms with E-state index < -0.39 is 0 Å². The van der Waals surface area contributed by atoms with Gasteiger partial charge < -0.3 is 10.1 Å². The van der Waals surface area contributed by atoms with E-state index in [-0.39, 0.29) is 23.3 Å². The Morgan fingerprint density at radius 3 is 3.00 bits per heavy atom. The van der Waals surface area contributed by atoms with Crippen molar-refractivity contribution in [3.63, 3.8) is 0 Å². The number of methoxy groups -OCH3 is 1. The molecular formula is C18H25N3O3S2. The highest BCUT2D eigenvalue weighted by Crippen LogP contribution is 2.35. The highest BCUT2D eigenvalue weighted by molar-refractivity contribution is 7.99. The molecule has 0 radical (unpaired) electrons. The van der Waals surface area contributed by atoms with Crippen LogP contribution in [0.15, 0.2) is 9.95 Å². The molecule has 0 bridgehead atoms. The van der Waals surface area contributed by atoms with Crippen LogP contribution in [0.3, 0.4) is 0 Å². The van der Waals surface area contributed by atoms with Crippen LogP contribution < -0.4 is 10.9 Å². The van der Waals surface area contributed by atoms with E-state index in [1.165, 1.54) is 22.2 Å². The van der Waals surface area contributed by atoms with Gasteiger partial charge in [-0.1, -0.05) is 18.7 Å². The number of thioether (sulfide) groups is 1. The maximum Gasteiger partial charge on any atom is 0.263 e. The summed E-state index contributed by atoms with van der Waals surface area (Å²) in [5.41, 5.74) is 1.25. The number of carbonyl (C=O) groups excluding carboxylic acids is 1. The van der Waals surface area contributed by atoms with Gasteiger partial charge in [-0.2, -0.15) is 0 Å². The van der Waals surface area contributed by atoms with Crippen molar-refractivity contribution < 1.29 is 9.53 Å². The summed E-state index contributed by atoms with van der Waals surface area (Å²) < 4.78 is 6.77. The van der Waals surface area contributed by atoms with Gasteiger partial charge in [-0.3, -0.25) is 14.2 Å². The Morgan fingerprint density at radius 2 is 2.27 bits per heavy atom. The predicted molar refractivity (Wildman–Crippen MR) is 106 cm³/mol. The summed E-state index contributed by atoms with van der Waals surface area (Å²) in [5.74, 6) is 0.159. The molecule has 3 rings (SSSR count). The normalized spacial score (nSPS) is 14.6. The average molecular weight is 396 g/mol. The van der Waals surface area contributed by atoms with E-state index in [2.05, 4.69) is 5.32 Å². The number of carbonyl (C=O) groups is 1. The summed E-state index contributed by atoms with van der Waals surface area (Å²) in [5, 5.41) is 4.33. The van der Waals surface area contributed by atoms with Crippen LogP contribution in [-0.2, 0) is 28.9 Å². The molecule has 1 atom stereocenters. The minimum absolute atomic E-state index is 0.0401. The van der Waals surface area contributed by atoms with E-state index in [1.807, 2.05) is 13.8 Å².